The van der Waals surface area contributed by atoms with Crippen molar-refractivity contribution in [2.75, 3.05) is 5.32 Å². The van der Waals surface area contributed by atoms with Crippen LogP contribution in [0.4, 0.5) is 14.9 Å². The Hall–Kier alpha value is -2.11. The molecule has 3 N–H and O–H groups in total. The van der Waals surface area contributed by atoms with E-state index in [2.05, 4.69) is 10.1 Å². The minimum absolute atomic E-state index is 0. The summed E-state index contributed by atoms with van der Waals surface area (Å²) in [5, 5.41) is 2.32. The maximum atomic E-state index is 13.3. The molecule has 0 aliphatic rings. The summed E-state index contributed by atoms with van der Waals surface area (Å²) in [6, 6.07) is 4.07. The van der Waals surface area contributed by atoms with E-state index in [4.69, 9.17) is 5.73 Å². The van der Waals surface area contributed by atoms with Crippen LogP contribution in [0.15, 0.2) is 18.2 Å². The van der Waals surface area contributed by atoms with Crippen LogP contribution in [0.1, 0.15) is 29.2 Å². The van der Waals surface area contributed by atoms with Crippen LogP contribution in [0.2, 0.25) is 0 Å². The van der Waals surface area contributed by atoms with Crippen LogP contribution in [0.5, 0.6) is 0 Å². The third-order valence-corrected chi connectivity index (χ3v) is 1.73. The monoisotopic (exact) mass is 260 g/mol. The zero-order chi connectivity index (χ0) is 14.1. The van der Waals surface area contributed by atoms with Crippen molar-refractivity contribution in [1.29, 1.82) is 0 Å². The van der Waals surface area contributed by atoms with Crippen LogP contribution in [0.25, 0.3) is 0 Å². The first kappa shape index (κ1) is 15.9. The molecule has 0 fully saturated rings. The van der Waals surface area contributed by atoms with Gasteiger partial charge in [0.1, 0.15) is 12.4 Å². The number of anilines is 1. The summed E-state index contributed by atoms with van der Waals surface area (Å²) in [6.45, 7) is 5.18. The van der Waals surface area contributed by atoms with Gasteiger partial charge in [-0.15, -0.1) is 0 Å². The number of nitrogens with two attached hydrogens (primary N) is 1. The van der Waals surface area contributed by atoms with Crippen LogP contribution in [0.3, 0.4) is 0 Å². The fourth-order valence-electron chi connectivity index (χ4n) is 1.09. The number of hydrogen-bond donors (Lipinski definition) is 2. The average Bonchev–Trinajstić information content (AvgIpc) is 2.32. The Bertz CT molecular complexity index is 431. The smallest absolute Gasteiger partial charge is 0.404 e. The highest BCUT2D eigenvalue weighted by Crippen LogP contribution is 2.16. The lowest BCUT2D eigenvalue weighted by molar-refractivity contribution is -0.114. The normalized spacial score (nSPS) is 8.89. The molecule has 0 heterocycles. The first-order chi connectivity index (χ1) is 8.49. The highest BCUT2D eigenvalue weighted by atomic mass is 19.1. The van der Waals surface area contributed by atoms with Crippen LogP contribution in [-0.4, -0.2) is 12.0 Å². The highest BCUT2D eigenvalue weighted by molar-refractivity contribution is 5.88. The van der Waals surface area contributed by atoms with Crippen molar-refractivity contribution in [3.63, 3.8) is 0 Å². The third-order valence-electron chi connectivity index (χ3n) is 1.73. The van der Waals surface area contributed by atoms with Crippen LogP contribution >= 0.6 is 0 Å². The number of amides is 2. The van der Waals surface area contributed by atoms with E-state index < -0.39 is 11.9 Å². The fraction of sp³-hybridized carbons (Fsp3) is 0.333. The lowest BCUT2D eigenvalue weighted by Crippen LogP contribution is -2.13. The van der Waals surface area contributed by atoms with Crippen molar-refractivity contribution >= 4 is 17.7 Å². The Labute approximate surface area is 108 Å². The molecule has 0 aliphatic carbocycles. The van der Waals surface area contributed by atoms with Gasteiger partial charge in [-0.25, -0.2) is 9.18 Å². The maximum Gasteiger partial charge on any atom is 0.404 e. The molecular formula is C12H21FN2O3. The van der Waals surface area contributed by atoms with E-state index in [-0.39, 0.29) is 21.1 Å². The number of benzene rings is 1. The SMILES string of the molecule is CC.CC(=O)Nc1ccc(COC(N)=O)cc1F.[HH].[HH]. The number of ether oxygens (including phenoxy) is 1. The zero-order valence-corrected chi connectivity index (χ0v) is 10.6. The van der Waals surface area contributed by atoms with Gasteiger partial charge < -0.3 is 15.8 Å². The molecule has 0 bridgehead atoms. The topological polar surface area (TPSA) is 81.4 Å². The summed E-state index contributed by atoms with van der Waals surface area (Å²) < 4.78 is 17.8. The number of halogens is 1. The molecule has 0 saturated carbocycles. The highest BCUT2D eigenvalue weighted by Gasteiger charge is 2.05. The molecule has 1 aromatic rings. The second-order valence-electron chi connectivity index (χ2n) is 3.10. The number of carbonyl (C=O) groups excluding carboxylic acids is 2. The average molecular weight is 260 g/mol. The lowest BCUT2D eigenvalue weighted by Gasteiger charge is -2.06. The van der Waals surface area contributed by atoms with Gasteiger partial charge in [-0.2, -0.15) is 0 Å². The van der Waals surface area contributed by atoms with Gasteiger partial charge in [0.25, 0.3) is 0 Å². The Morgan fingerprint density at radius 3 is 2.50 bits per heavy atom. The van der Waals surface area contributed by atoms with Gasteiger partial charge >= 0.3 is 6.09 Å². The van der Waals surface area contributed by atoms with Gasteiger partial charge in [0, 0.05) is 9.78 Å². The molecule has 0 unspecified atom stereocenters. The first-order valence-corrected chi connectivity index (χ1v) is 5.47. The Balaban J connectivity index is -0.000000689. The molecule has 6 heteroatoms. The summed E-state index contributed by atoms with van der Waals surface area (Å²) in [5.41, 5.74) is 5.29. The van der Waals surface area contributed by atoms with E-state index in [1.165, 1.54) is 19.1 Å². The van der Waals surface area contributed by atoms with E-state index in [0.717, 1.165) is 6.07 Å². The minimum Gasteiger partial charge on any atom is -0.445 e. The van der Waals surface area contributed by atoms with Crippen molar-refractivity contribution in [2.24, 2.45) is 5.73 Å². The second kappa shape index (κ2) is 8.05. The summed E-state index contributed by atoms with van der Waals surface area (Å²) in [5.74, 6) is -0.958. The number of nitrogens with one attached hydrogen (secondary N) is 1. The molecule has 5 nitrogen and oxygen atoms in total. The first-order valence-electron chi connectivity index (χ1n) is 5.47. The molecule has 0 aromatic heterocycles. The van der Waals surface area contributed by atoms with Gasteiger partial charge in [0.15, 0.2) is 0 Å². The van der Waals surface area contributed by atoms with Gasteiger partial charge in [-0.1, -0.05) is 19.9 Å². The Morgan fingerprint density at radius 2 is 2.06 bits per heavy atom. The largest absolute Gasteiger partial charge is 0.445 e. The van der Waals surface area contributed by atoms with E-state index in [9.17, 15) is 14.0 Å². The van der Waals surface area contributed by atoms with E-state index in [1.54, 1.807) is 0 Å². The molecule has 18 heavy (non-hydrogen) atoms. The van der Waals surface area contributed by atoms with Gasteiger partial charge in [0.05, 0.1) is 5.69 Å². The fourth-order valence-corrected chi connectivity index (χ4v) is 1.09. The Kier molecular flexibility index (Phi) is 7.11. The summed E-state index contributed by atoms with van der Waals surface area (Å²) in [7, 11) is 0. The molecule has 104 valence electrons. The van der Waals surface area contributed by atoms with Crippen molar-refractivity contribution in [2.45, 2.75) is 27.4 Å². The second-order valence-corrected chi connectivity index (χ2v) is 3.10. The standard InChI is InChI=1S/C10H11FN2O3.C2H6.2H2/c1-6(14)13-9-3-2-7(4-8(9)11)5-16-10(12)15;1-2;;/h2-4H,5H2,1H3,(H2,12,15)(H,13,14);1-2H3;2*1H. The summed E-state index contributed by atoms with van der Waals surface area (Å²) in [4.78, 5) is 21.0. The lowest BCUT2D eigenvalue weighted by atomic mass is 10.2. The van der Waals surface area contributed by atoms with Crippen molar-refractivity contribution < 1.29 is 21.6 Å². The van der Waals surface area contributed by atoms with Crippen LogP contribution in [-0.2, 0) is 16.1 Å². The van der Waals surface area contributed by atoms with Gasteiger partial charge in [-0.05, 0) is 17.7 Å². The Morgan fingerprint density at radius 1 is 1.44 bits per heavy atom. The van der Waals surface area contributed by atoms with E-state index in [0.29, 0.717) is 5.56 Å². The molecule has 1 rings (SSSR count). The quantitative estimate of drug-likeness (QED) is 0.876. The number of carbonyl (C=O) groups is 2. The number of rotatable bonds is 3. The number of primary amides is 1. The molecule has 0 saturated heterocycles. The molecule has 2 amide bonds. The van der Waals surface area contributed by atoms with E-state index >= 15 is 0 Å². The molecule has 0 atom stereocenters. The zero-order valence-electron chi connectivity index (χ0n) is 10.6. The third kappa shape index (κ3) is 5.83. The predicted octanol–water partition coefficient (Wildman–Crippen LogP) is 2.90. The molecule has 0 radical (unpaired) electrons. The van der Waals surface area contributed by atoms with Gasteiger partial charge in [0.2, 0.25) is 5.91 Å². The number of hydrogen-bond acceptors (Lipinski definition) is 3. The molecular weight excluding hydrogens is 239 g/mol. The summed E-state index contributed by atoms with van der Waals surface area (Å²) in [6.07, 6.45) is -0.925. The van der Waals surface area contributed by atoms with Crippen molar-refractivity contribution in [1.82, 2.24) is 0 Å². The predicted molar refractivity (Wildman–Crippen MR) is 70.7 cm³/mol. The molecule has 0 spiro atoms. The maximum absolute atomic E-state index is 13.3. The molecule has 1 aromatic carbocycles. The summed E-state index contributed by atoms with van der Waals surface area (Å²) >= 11 is 0. The minimum atomic E-state index is -0.925. The van der Waals surface area contributed by atoms with Crippen LogP contribution < -0.4 is 11.1 Å². The van der Waals surface area contributed by atoms with Gasteiger partial charge in [-0.3, -0.25) is 4.79 Å². The van der Waals surface area contributed by atoms with Crippen LogP contribution in [0, 0.1) is 5.82 Å². The van der Waals surface area contributed by atoms with Crippen molar-refractivity contribution in [3.05, 3.63) is 29.6 Å². The van der Waals surface area contributed by atoms with E-state index in [1.807, 2.05) is 13.8 Å². The van der Waals surface area contributed by atoms with Crippen molar-refractivity contribution in [3.8, 4) is 0 Å². The molecule has 0 aliphatic heterocycles.